The fourth-order valence-corrected chi connectivity index (χ4v) is 2.48. The van der Waals surface area contributed by atoms with Crippen molar-refractivity contribution >= 4 is 0 Å². The number of nitrogens with two attached hydrogens (primary N) is 1. The van der Waals surface area contributed by atoms with E-state index in [-0.39, 0.29) is 0 Å². The number of nitrogens with zero attached hydrogens (tertiary/aromatic N) is 1. The highest BCUT2D eigenvalue weighted by molar-refractivity contribution is 4.80. The van der Waals surface area contributed by atoms with Crippen molar-refractivity contribution in [2.24, 2.45) is 11.7 Å². The van der Waals surface area contributed by atoms with Crippen LogP contribution < -0.4 is 5.73 Å². The molecule has 5 heteroatoms. The van der Waals surface area contributed by atoms with Gasteiger partial charge in [0.05, 0.1) is 33.0 Å². The molecule has 21 heavy (non-hydrogen) atoms. The van der Waals surface area contributed by atoms with E-state index in [1.807, 2.05) is 0 Å². The van der Waals surface area contributed by atoms with Crippen LogP contribution in [-0.2, 0) is 14.2 Å². The number of rotatable bonds is 13. The predicted molar refractivity (Wildman–Crippen MR) is 85.6 cm³/mol. The molecule has 126 valence electrons. The summed E-state index contributed by atoms with van der Waals surface area (Å²) in [4.78, 5) is 2.44. The smallest absolute Gasteiger partial charge is 0.0701 e. The maximum atomic E-state index is 5.94. The first kappa shape index (κ1) is 18.8. The van der Waals surface area contributed by atoms with Crippen molar-refractivity contribution in [1.29, 1.82) is 0 Å². The molecule has 2 N–H and O–H groups in total. The standard InChI is InChI=1S/C16H34N2O3/c1-3-4-8-19-10-12-21-13-11-20-9-7-18-6-5-16(14-18)15(2)17/h15-16H,3-14,17H2,1-2H3. The third-order valence-electron chi connectivity index (χ3n) is 3.99. The number of ether oxygens (including phenoxy) is 3. The van der Waals surface area contributed by atoms with E-state index >= 15 is 0 Å². The third-order valence-corrected chi connectivity index (χ3v) is 3.99. The molecule has 1 saturated heterocycles. The first-order valence-corrected chi connectivity index (χ1v) is 8.45. The van der Waals surface area contributed by atoms with Gasteiger partial charge in [0.25, 0.3) is 0 Å². The molecule has 0 radical (unpaired) electrons. The Balaban J connectivity index is 1.79. The Morgan fingerprint density at radius 2 is 1.67 bits per heavy atom. The van der Waals surface area contributed by atoms with E-state index in [1.54, 1.807) is 0 Å². The van der Waals surface area contributed by atoms with E-state index in [9.17, 15) is 0 Å². The van der Waals surface area contributed by atoms with Crippen molar-refractivity contribution in [1.82, 2.24) is 4.90 Å². The molecule has 2 atom stereocenters. The molecule has 1 fully saturated rings. The van der Waals surface area contributed by atoms with E-state index in [4.69, 9.17) is 19.9 Å². The molecule has 0 saturated carbocycles. The summed E-state index contributed by atoms with van der Waals surface area (Å²) in [6.45, 7) is 11.8. The Bertz CT molecular complexity index is 240. The largest absolute Gasteiger partial charge is 0.379 e. The van der Waals surface area contributed by atoms with Gasteiger partial charge in [0.15, 0.2) is 0 Å². The fraction of sp³-hybridized carbons (Fsp3) is 1.00. The van der Waals surface area contributed by atoms with Gasteiger partial charge in [-0.2, -0.15) is 0 Å². The van der Waals surface area contributed by atoms with Crippen LogP contribution in [-0.4, -0.2) is 70.2 Å². The molecule has 1 aliphatic heterocycles. The van der Waals surface area contributed by atoms with Crippen LogP contribution in [0.3, 0.4) is 0 Å². The van der Waals surface area contributed by atoms with Gasteiger partial charge in [-0.05, 0) is 32.2 Å². The molecule has 0 aliphatic carbocycles. The molecule has 0 spiro atoms. The average Bonchev–Trinajstić information content (AvgIpc) is 2.94. The van der Waals surface area contributed by atoms with Gasteiger partial charge in [-0.3, -0.25) is 0 Å². The summed E-state index contributed by atoms with van der Waals surface area (Å²) >= 11 is 0. The highest BCUT2D eigenvalue weighted by Gasteiger charge is 2.24. The Morgan fingerprint density at radius 3 is 2.24 bits per heavy atom. The van der Waals surface area contributed by atoms with Gasteiger partial charge in [-0.1, -0.05) is 13.3 Å². The lowest BCUT2D eigenvalue weighted by Crippen LogP contribution is -2.31. The van der Waals surface area contributed by atoms with Crippen LogP contribution in [0.5, 0.6) is 0 Å². The van der Waals surface area contributed by atoms with Crippen molar-refractivity contribution < 1.29 is 14.2 Å². The van der Waals surface area contributed by atoms with E-state index in [0.717, 1.165) is 39.3 Å². The fourth-order valence-electron chi connectivity index (χ4n) is 2.48. The van der Waals surface area contributed by atoms with E-state index in [2.05, 4.69) is 18.7 Å². The van der Waals surface area contributed by atoms with Crippen molar-refractivity contribution in [3.05, 3.63) is 0 Å². The Labute approximate surface area is 130 Å². The van der Waals surface area contributed by atoms with Crippen LogP contribution in [0.4, 0.5) is 0 Å². The number of hydrogen-bond acceptors (Lipinski definition) is 5. The SMILES string of the molecule is CCCCOCCOCCOCCN1CCC(C(C)N)C1. The summed E-state index contributed by atoms with van der Waals surface area (Å²) in [7, 11) is 0. The highest BCUT2D eigenvalue weighted by atomic mass is 16.5. The van der Waals surface area contributed by atoms with E-state index in [1.165, 1.54) is 12.8 Å². The zero-order valence-electron chi connectivity index (χ0n) is 13.9. The average molecular weight is 302 g/mol. The predicted octanol–water partition coefficient (Wildman–Crippen LogP) is 1.51. The Morgan fingerprint density at radius 1 is 1.05 bits per heavy atom. The molecule has 1 aliphatic rings. The molecule has 0 aromatic carbocycles. The molecule has 1 rings (SSSR count). The summed E-state index contributed by atoms with van der Waals surface area (Å²) < 4.78 is 16.5. The highest BCUT2D eigenvalue weighted by Crippen LogP contribution is 2.17. The van der Waals surface area contributed by atoms with Gasteiger partial charge in [0, 0.05) is 25.7 Å². The van der Waals surface area contributed by atoms with Crippen LogP contribution in [0.2, 0.25) is 0 Å². The van der Waals surface area contributed by atoms with Crippen LogP contribution in [0.15, 0.2) is 0 Å². The van der Waals surface area contributed by atoms with Crippen molar-refractivity contribution in [2.75, 3.05) is 59.3 Å². The van der Waals surface area contributed by atoms with Gasteiger partial charge in [-0.25, -0.2) is 0 Å². The summed E-state index contributed by atoms with van der Waals surface area (Å²) in [6.07, 6.45) is 3.53. The molecule has 2 unspecified atom stereocenters. The lowest BCUT2D eigenvalue weighted by atomic mass is 10.0. The second-order valence-corrected chi connectivity index (χ2v) is 5.90. The van der Waals surface area contributed by atoms with E-state index in [0.29, 0.717) is 38.4 Å². The minimum atomic E-state index is 0.309. The second kappa shape index (κ2) is 12.4. The van der Waals surface area contributed by atoms with Gasteiger partial charge >= 0.3 is 0 Å². The Hall–Kier alpha value is -0.200. The number of likely N-dealkylation sites (tertiary alicyclic amines) is 1. The number of unbranched alkanes of at least 4 members (excludes halogenated alkanes) is 1. The molecular weight excluding hydrogens is 268 g/mol. The van der Waals surface area contributed by atoms with Crippen molar-refractivity contribution in [3.8, 4) is 0 Å². The molecular formula is C16H34N2O3. The number of hydrogen-bond donors (Lipinski definition) is 1. The van der Waals surface area contributed by atoms with Gasteiger partial charge < -0.3 is 24.8 Å². The van der Waals surface area contributed by atoms with Crippen LogP contribution in [0.25, 0.3) is 0 Å². The first-order chi connectivity index (χ1) is 10.2. The molecule has 0 aromatic heterocycles. The van der Waals surface area contributed by atoms with Crippen LogP contribution >= 0.6 is 0 Å². The zero-order chi connectivity index (χ0) is 15.3. The zero-order valence-corrected chi connectivity index (χ0v) is 13.9. The maximum absolute atomic E-state index is 5.94. The normalized spacial score (nSPS) is 21.0. The summed E-state index contributed by atoms with van der Waals surface area (Å²) in [5, 5.41) is 0. The summed E-state index contributed by atoms with van der Waals surface area (Å²) in [5.74, 6) is 0.654. The van der Waals surface area contributed by atoms with Gasteiger partial charge in [0.1, 0.15) is 0 Å². The lowest BCUT2D eigenvalue weighted by molar-refractivity contribution is 0.0109. The van der Waals surface area contributed by atoms with Crippen molar-refractivity contribution in [3.63, 3.8) is 0 Å². The summed E-state index contributed by atoms with van der Waals surface area (Å²) in [6, 6.07) is 0.309. The van der Waals surface area contributed by atoms with E-state index < -0.39 is 0 Å². The minimum absolute atomic E-state index is 0.309. The first-order valence-electron chi connectivity index (χ1n) is 8.45. The molecule has 5 nitrogen and oxygen atoms in total. The maximum Gasteiger partial charge on any atom is 0.0701 e. The third kappa shape index (κ3) is 9.42. The lowest BCUT2D eigenvalue weighted by Gasteiger charge is -2.17. The van der Waals surface area contributed by atoms with Crippen LogP contribution in [0.1, 0.15) is 33.1 Å². The minimum Gasteiger partial charge on any atom is -0.379 e. The molecule has 0 bridgehead atoms. The molecule has 0 amide bonds. The molecule has 1 heterocycles. The monoisotopic (exact) mass is 302 g/mol. The van der Waals surface area contributed by atoms with Gasteiger partial charge in [0.2, 0.25) is 0 Å². The Kier molecular flexibility index (Phi) is 11.1. The van der Waals surface area contributed by atoms with Crippen molar-refractivity contribution in [2.45, 2.75) is 39.2 Å². The molecule has 0 aromatic rings. The topological polar surface area (TPSA) is 57.0 Å². The summed E-state index contributed by atoms with van der Waals surface area (Å²) in [5.41, 5.74) is 5.94. The van der Waals surface area contributed by atoms with Crippen LogP contribution in [0, 0.1) is 5.92 Å². The van der Waals surface area contributed by atoms with Gasteiger partial charge in [-0.15, -0.1) is 0 Å². The quantitative estimate of drug-likeness (QED) is 0.523. The second-order valence-electron chi connectivity index (χ2n) is 5.90.